The van der Waals surface area contributed by atoms with Crippen molar-refractivity contribution in [2.75, 3.05) is 21.1 Å². The van der Waals surface area contributed by atoms with Gasteiger partial charge in [-0.3, -0.25) is 0 Å². The molecule has 1 aromatic rings. The first kappa shape index (κ1) is 14.2. The van der Waals surface area contributed by atoms with E-state index in [1.165, 1.54) is 5.69 Å². The van der Waals surface area contributed by atoms with Crippen LogP contribution in [0.25, 0.3) is 0 Å². The van der Waals surface area contributed by atoms with Crippen molar-refractivity contribution in [2.24, 2.45) is 0 Å². The first-order valence-corrected chi connectivity index (χ1v) is 6.07. The Morgan fingerprint density at radius 2 is 1.88 bits per heavy atom. The summed E-state index contributed by atoms with van der Waals surface area (Å²) in [4.78, 5) is 6.52. The van der Waals surface area contributed by atoms with Crippen LogP contribution in [0.1, 0.15) is 33.4 Å². The molecule has 0 spiro atoms. The topological polar surface area (TPSA) is 33.1 Å². The van der Waals surface area contributed by atoms with Crippen molar-refractivity contribution in [3.05, 3.63) is 18.2 Å². The summed E-state index contributed by atoms with van der Waals surface area (Å²) in [6.45, 7) is 9.75. The van der Waals surface area contributed by atoms with Gasteiger partial charge in [0.05, 0.1) is 17.6 Å². The number of likely N-dealkylation sites (N-methyl/N-ethyl adjacent to an activating group) is 1. The van der Waals surface area contributed by atoms with E-state index >= 15 is 0 Å². The van der Waals surface area contributed by atoms with E-state index in [4.69, 9.17) is 0 Å². The number of nitrogens with one attached hydrogen (secondary N) is 1. The van der Waals surface area contributed by atoms with Crippen molar-refractivity contribution in [1.29, 1.82) is 0 Å². The second-order valence-electron chi connectivity index (χ2n) is 5.99. The fourth-order valence-corrected chi connectivity index (χ4v) is 1.65. The molecule has 1 N–H and O–H groups in total. The molecule has 0 saturated carbocycles. The maximum absolute atomic E-state index is 4.28. The average Bonchev–Trinajstić information content (AvgIpc) is 2.65. The normalized spacial score (nSPS) is 13.4. The van der Waals surface area contributed by atoms with Crippen molar-refractivity contribution in [2.45, 2.75) is 45.3 Å². The van der Waals surface area contributed by atoms with Gasteiger partial charge in [-0.25, -0.2) is 4.98 Å². The minimum atomic E-state index is -0.0567. The summed E-state index contributed by atoms with van der Waals surface area (Å²) in [5.41, 5.74) is 1.27. The summed E-state index contributed by atoms with van der Waals surface area (Å²) >= 11 is 0. The van der Waals surface area contributed by atoms with Gasteiger partial charge in [0.25, 0.3) is 0 Å². The van der Waals surface area contributed by atoms with Crippen molar-refractivity contribution >= 4 is 0 Å². The molecular formula is C13H26N4. The number of hydrogen-bond acceptors (Lipinski definition) is 3. The molecule has 0 saturated heterocycles. The smallest absolute Gasteiger partial charge is 0.0949 e. The third-order valence-corrected chi connectivity index (χ3v) is 3.75. The van der Waals surface area contributed by atoms with Crippen LogP contribution in [0.3, 0.4) is 0 Å². The van der Waals surface area contributed by atoms with Crippen LogP contribution in [-0.2, 0) is 12.1 Å². The fourth-order valence-electron chi connectivity index (χ4n) is 1.65. The Morgan fingerprint density at radius 1 is 1.29 bits per heavy atom. The van der Waals surface area contributed by atoms with E-state index in [0.29, 0.717) is 0 Å². The van der Waals surface area contributed by atoms with Gasteiger partial charge in [-0.15, -0.1) is 0 Å². The minimum Gasteiger partial charge on any atom is -0.331 e. The fraction of sp³-hybridized carbons (Fsp3) is 0.769. The van der Waals surface area contributed by atoms with Crippen molar-refractivity contribution in [3.63, 3.8) is 0 Å². The summed E-state index contributed by atoms with van der Waals surface area (Å²) < 4.78 is 2.23. The minimum absolute atomic E-state index is 0.0567. The first-order chi connectivity index (χ1) is 7.70. The standard InChI is InChI=1S/C13H26N4/c1-12(2,16(6)7)9-17-10-15-8-11(17)13(3,4)14-5/h8,10,14H,9H2,1-7H3. The highest BCUT2D eigenvalue weighted by Crippen LogP contribution is 2.22. The van der Waals surface area contributed by atoms with Crippen LogP contribution in [0.2, 0.25) is 0 Å². The quantitative estimate of drug-likeness (QED) is 0.847. The maximum Gasteiger partial charge on any atom is 0.0949 e. The molecule has 17 heavy (non-hydrogen) atoms. The molecular weight excluding hydrogens is 212 g/mol. The van der Waals surface area contributed by atoms with Crippen molar-refractivity contribution in [1.82, 2.24) is 19.8 Å². The second-order valence-corrected chi connectivity index (χ2v) is 5.99. The summed E-state index contributed by atoms with van der Waals surface area (Å²) in [5, 5.41) is 3.32. The number of hydrogen-bond donors (Lipinski definition) is 1. The predicted molar refractivity (Wildman–Crippen MR) is 72.1 cm³/mol. The monoisotopic (exact) mass is 238 g/mol. The Kier molecular flexibility index (Phi) is 3.99. The van der Waals surface area contributed by atoms with Crippen LogP contribution in [0.4, 0.5) is 0 Å². The van der Waals surface area contributed by atoms with Gasteiger partial charge in [0.15, 0.2) is 0 Å². The van der Waals surface area contributed by atoms with E-state index in [0.717, 1.165) is 6.54 Å². The Labute approximate surface area is 105 Å². The zero-order chi connectivity index (χ0) is 13.3. The van der Waals surface area contributed by atoms with E-state index in [-0.39, 0.29) is 11.1 Å². The van der Waals surface area contributed by atoms with E-state index in [9.17, 15) is 0 Å². The van der Waals surface area contributed by atoms with Crippen LogP contribution in [0, 0.1) is 0 Å². The van der Waals surface area contributed by atoms with Crippen LogP contribution in [0.5, 0.6) is 0 Å². The summed E-state index contributed by atoms with van der Waals surface area (Å²) in [5.74, 6) is 0. The molecule has 0 atom stereocenters. The van der Waals surface area contributed by atoms with Crippen LogP contribution < -0.4 is 5.32 Å². The molecule has 0 unspecified atom stereocenters. The highest BCUT2D eigenvalue weighted by Gasteiger charge is 2.26. The molecule has 1 rings (SSSR count). The largest absolute Gasteiger partial charge is 0.331 e. The van der Waals surface area contributed by atoms with Crippen molar-refractivity contribution in [3.8, 4) is 0 Å². The molecule has 0 aliphatic carbocycles. The summed E-state index contributed by atoms with van der Waals surface area (Å²) in [6, 6.07) is 0. The van der Waals surface area contributed by atoms with E-state index in [1.54, 1.807) is 0 Å². The van der Waals surface area contributed by atoms with Gasteiger partial charge in [-0.05, 0) is 48.8 Å². The van der Waals surface area contributed by atoms with Gasteiger partial charge in [0.1, 0.15) is 0 Å². The lowest BCUT2D eigenvalue weighted by Crippen LogP contribution is -2.44. The summed E-state index contributed by atoms with van der Waals surface area (Å²) in [7, 11) is 6.20. The highest BCUT2D eigenvalue weighted by molar-refractivity contribution is 5.11. The van der Waals surface area contributed by atoms with Gasteiger partial charge in [0.2, 0.25) is 0 Å². The van der Waals surface area contributed by atoms with Gasteiger partial charge >= 0.3 is 0 Å². The van der Waals surface area contributed by atoms with Gasteiger partial charge in [-0.1, -0.05) is 0 Å². The van der Waals surface area contributed by atoms with Crippen LogP contribution in [-0.4, -0.2) is 41.1 Å². The summed E-state index contributed by atoms with van der Waals surface area (Å²) in [6.07, 6.45) is 3.86. The highest BCUT2D eigenvalue weighted by atomic mass is 15.2. The Morgan fingerprint density at radius 3 is 2.35 bits per heavy atom. The lowest BCUT2D eigenvalue weighted by atomic mass is 9.99. The Hall–Kier alpha value is -0.870. The number of nitrogens with zero attached hydrogens (tertiary/aromatic N) is 3. The van der Waals surface area contributed by atoms with E-state index in [2.05, 4.69) is 61.6 Å². The van der Waals surface area contributed by atoms with Gasteiger partial charge in [0, 0.05) is 18.3 Å². The second kappa shape index (κ2) is 4.78. The molecule has 0 aromatic carbocycles. The number of rotatable bonds is 5. The SMILES string of the molecule is CNC(C)(C)c1cncn1CC(C)(C)N(C)C. The number of imidazole rings is 1. The van der Waals surface area contributed by atoms with E-state index in [1.807, 2.05) is 19.6 Å². The molecule has 98 valence electrons. The molecule has 0 fully saturated rings. The van der Waals surface area contributed by atoms with Gasteiger partial charge < -0.3 is 14.8 Å². The van der Waals surface area contributed by atoms with E-state index < -0.39 is 0 Å². The zero-order valence-corrected chi connectivity index (χ0v) is 12.2. The molecule has 4 heteroatoms. The lowest BCUT2D eigenvalue weighted by Gasteiger charge is -2.35. The van der Waals surface area contributed by atoms with Crippen LogP contribution in [0.15, 0.2) is 12.5 Å². The van der Waals surface area contributed by atoms with Gasteiger partial charge in [-0.2, -0.15) is 0 Å². The molecule has 0 aliphatic rings. The maximum atomic E-state index is 4.28. The Balaban J connectivity index is 2.98. The Bertz CT molecular complexity index is 363. The number of aromatic nitrogens is 2. The zero-order valence-electron chi connectivity index (χ0n) is 12.2. The first-order valence-electron chi connectivity index (χ1n) is 6.07. The third kappa shape index (κ3) is 3.07. The molecule has 0 aliphatic heterocycles. The molecule has 4 nitrogen and oxygen atoms in total. The third-order valence-electron chi connectivity index (χ3n) is 3.75. The molecule has 0 bridgehead atoms. The van der Waals surface area contributed by atoms with Crippen molar-refractivity contribution < 1.29 is 0 Å². The average molecular weight is 238 g/mol. The molecule has 0 radical (unpaired) electrons. The van der Waals surface area contributed by atoms with Crippen LogP contribution >= 0.6 is 0 Å². The molecule has 1 aromatic heterocycles. The molecule has 0 amide bonds. The molecule has 1 heterocycles. The predicted octanol–water partition coefficient (Wildman–Crippen LogP) is 1.68. The lowest BCUT2D eigenvalue weighted by molar-refractivity contribution is 0.165.